The van der Waals surface area contributed by atoms with Crippen molar-refractivity contribution >= 4 is 5.91 Å². The van der Waals surface area contributed by atoms with Gasteiger partial charge in [-0.2, -0.15) is 0 Å². The number of phenolic OH excluding ortho intramolecular Hbond substituents is 1. The molecule has 0 aliphatic carbocycles. The van der Waals surface area contributed by atoms with E-state index >= 15 is 0 Å². The summed E-state index contributed by atoms with van der Waals surface area (Å²) in [5, 5.41) is 27.2. The lowest BCUT2D eigenvalue weighted by Crippen LogP contribution is -2.34. The lowest BCUT2D eigenvalue weighted by atomic mass is 10.0. The maximum absolute atomic E-state index is 13.2. The first-order valence-electron chi connectivity index (χ1n) is 4.18. The molecule has 0 aliphatic rings. The third kappa shape index (κ3) is 2.26. The highest BCUT2D eigenvalue weighted by molar-refractivity contribution is 5.79. The van der Waals surface area contributed by atoms with Crippen molar-refractivity contribution in [3.05, 3.63) is 29.3 Å². The second-order valence-electron chi connectivity index (χ2n) is 3.12. The first kappa shape index (κ1) is 12.3. The van der Waals surface area contributed by atoms with E-state index in [2.05, 4.69) is 5.73 Å². The van der Waals surface area contributed by atoms with E-state index in [1.807, 2.05) is 0 Å². The molecule has 0 fully saturated rings. The lowest BCUT2D eigenvalue weighted by molar-refractivity contribution is -0.132. The fourth-order valence-electron chi connectivity index (χ4n) is 1.17. The normalized spacial score (nSPS) is 14.5. The Hall–Kier alpha value is -1.73. The molecular formula is C9H9F2NO4. The van der Waals surface area contributed by atoms with Crippen molar-refractivity contribution in [3.63, 3.8) is 0 Å². The quantitative estimate of drug-likeness (QED) is 0.567. The van der Waals surface area contributed by atoms with Gasteiger partial charge in [0.2, 0.25) is 5.91 Å². The SMILES string of the molecule is NC(=O)C(O)C(O)c1c(F)cc(O)cc1F. The average molecular weight is 233 g/mol. The second-order valence-corrected chi connectivity index (χ2v) is 3.12. The Morgan fingerprint density at radius 3 is 2.06 bits per heavy atom. The van der Waals surface area contributed by atoms with E-state index in [0.29, 0.717) is 12.1 Å². The molecule has 0 bridgehead atoms. The molecule has 16 heavy (non-hydrogen) atoms. The molecular weight excluding hydrogens is 224 g/mol. The number of benzene rings is 1. The van der Waals surface area contributed by atoms with Gasteiger partial charge in [-0.3, -0.25) is 4.79 Å². The Kier molecular flexibility index (Phi) is 3.41. The number of amides is 1. The topological polar surface area (TPSA) is 104 Å². The summed E-state index contributed by atoms with van der Waals surface area (Å²) in [6.45, 7) is 0. The molecule has 5 N–H and O–H groups in total. The summed E-state index contributed by atoms with van der Waals surface area (Å²) in [5.41, 5.74) is 3.73. The molecule has 2 atom stereocenters. The van der Waals surface area contributed by atoms with Crippen molar-refractivity contribution in [1.82, 2.24) is 0 Å². The highest BCUT2D eigenvalue weighted by Crippen LogP contribution is 2.26. The van der Waals surface area contributed by atoms with E-state index in [0.717, 1.165) is 0 Å². The van der Waals surface area contributed by atoms with Crippen molar-refractivity contribution in [2.24, 2.45) is 5.73 Å². The summed E-state index contributed by atoms with van der Waals surface area (Å²) >= 11 is 0. The third-order valence-corrected chi connectivity index (χ3v) is 1.95. The van der Waals surface area contributed by atoms with E-state index in [1.54, 1.807) is 0 Å². The minimum absolute atomic E-state index is 0.537. The zero-order valence-corrected chi connectivity index (χ0v) is 7.89. The molecule has 0 radical (unpaired) electrons. The highest BCUT2D eigenvalue weighted by Gasteiger charge is 2.29. The van der Waals surface area contributed by atoms with Gasteiger partial charge >= 0.3 is 0 Å². The van der Waals surface area contributed by atoms with Gasteiger partial charge in [-0.25, -0.2) is 8.78 Å². The zero-order valence-electron chi connectivity index (χ0n) is 7.89. The van der Waals surface area contributed by atoms with E-state index in [-0.39, 0.29) is 0 Å². The van der Waals surface area contributed by atoms with Crippen LogP contribution in [0.4, 0.5) is 8.78 Å². The summed E-state index contributed by atoms with van der Waals surface area (Å²) in [6, 6.07) is 1.07. The second kappa shape index (κ2) is 4.42. The maximum Gasteiger partial charge on any atom is 0.249 e. The van der Waals surface area contributed by atoms with Gasteiger partial charge in [0.1, 0.15) is 23.5 Å². The third-order valence-electron chi connectivity index (χ3n) is 1.95. The van der Waals surface area contributed by atoms with Crippen LogP contribution in [0.15, 0.2) is 12.1 Å². The van der Waals surface area contributed by atoms with Gasteiger partial charge in [-0.15, -0.1) is 0 Å². The summed E-state index contributed by atoms with van der Waals surface area (Å²) in [7, 11) is 0. The highest BCUT2D eigenvalue weighted by atomic mass is 19.1. The summed E-state index contributed by atoms with van der Waals surface area (Å²) in [4.78, 5) is 10.5. The molecule has 0 saturated carbocycles. The lowest BCUT2D eigenvalue weighted by Gasteiger charge is -2.16. The number of aliphatic hydroxyl groups is 2. The average Bonchev–Trinajstić information content (AvgIpc) is 2.14. The van der Waals surface area contributed by atoms with E-state index in [9.17, 15) is 18.7 Å². The molecule has 1 amide bonds. The van der Waals surface area contributed by atoms with Gasteiger partial charge in [0.15, 0.2) is 6.10 Å². The molecule has 0 spiro atoms. The van der Waals surface area contributed by atoms with Crippen LogP contribution in [0.5, 0.6) is 5.75 Å². The van der Waals surface area contributed by atoms with E-state index in [4.69, 9.17) is 10.2 Å². The molecule has 0 aliphatic heterocycles. The Balaban J connectivity index is 3.18. The van der Waals surface area contributed by atoms with Crippen LogP contribution < -0.4 is 5.73 Å². The van der Waals surface area contributed by atoms with Gasteiger partial charge < -0.3 is 21.1 Å². The van der Waals surface area contributed by atoms with Gasteiger partial charge in [0.05, 0.1) is 5.56 Å². The number of primary amides is 1. The summed E-state index contributed by atoms with van der Waals surface area (Å²) < 4.78 is 26.3. The molecule has 1 aromatic carbocycles. The largest absolute Gasteiger partial charge is 0.508 e. The van der Waals surface area contributed by atoms with Crippen LogP contribution in [-0.4, -0.2) is 27.3 Å². The first-order chi connectivity index (χ1) is 7.34. The van der Waals surface area contributed by atoms with Gasteiger partial charge in [-0.05, 0) is 0 Å². The smallest absolute Gasteiger partial charge is 0.249 e. The molecule has 1 aromatic rings. The van der Waals surface area contributed by atoms with Crippen LogP contribution in [0, 0.1) is 11.6 Å². The molecule has 0 saturated heterocycles. The van der Waals surface area contributed by atoms with Crippen LogP contribution in [0.2, 0.25) is 0 Å². The number of carbonyl (C=O) groups is 1. The minimum Gasteiger partial charge on any atom is -0.508 e. The van der Waals surface area contributed by atoms with Crippen molar-refractivity contribution in [2.75, 3.05) is 0 Å². The Morgan fingerprint density at radius 1 is 1.25 bits per heavy atom. The van der Waals surface area contributed by atoms with Gasteiger partial charge in [0.25, 0.3) is 0 Å². The van der Waals surface area contributed by atoms with E-state index in [1.165, 1.54) is 0 Å². The molecule has 0 aromatic heterocycles. The maximum atomic E-state index is 13.2. The molecule has 7 heteroatoms. The van der Waals surface area contributed by atoms with Crippen LogP contribution in [0.1, 0.15) is 11.7 Å². The molecule has 2 unspecified atom stereocenters. The molecule has 0 heterocycles. The van der Waals surface area contributed by atoms with Gasteiger partial charge in [0, 0.05) is 12.1 Å². The minimum atomic E-state index is -2.13. The van der Waals surface area contributed by atoms with Crippen molar-refractivity contribution in [2.45, 2.75) is 12.2 Å². The molecule has 5 nitrogen and oxygen atoms in total. The number of rotatable bonds is 3. The van der Waals surface area contributed by atoms with Crippen LogP contribution in [-0.2, 0) is 4.79 Å². The Labute approximate surface area is 88.7 Å². The predicted octanol–water partition coefficient (Wildman–Crippen LogP) is -0.450. The van der Waals surface area contributed by atoms with Crippen LogP contribution in [0.3, 0.4) is 0 Å². The number of aliphatic hydroxyl groups excluding tert-OH is 2. The number of nitrogens with two attached hydrogens (primary N) is 1. The zero-order chi connectivity index (χ0) is 12.5. The fraction of sp³-hybridized carbons (Fsp3) is 0.222. The monoisotopic (exact) mass is 233 g/mol. The number of aromatic hydroxyl groups is 1. The Morgan fingerprint density at radius 2 is 1.69 bits per heavy atom. The first-order valence-corrected chi connectivity index (χ1v) is 4.18. The van der Waals surface area contributed by atoms with Crippen molar-refractivity contribution in [1.29, 1.82) is 0 Å². The van der Waals surface area contributed by atoms with Crippen molar-refractivity contribution < 1.29 is 28.9 Å². The van der Waals surface area contributed by atoms with Crippen molar-refractivity contribution in [3.8, 4) is 5.75 Å². The number of carbonyl (C=O) groups excluding carboxylic acids is 1. The standard InChI is InChI=1S/C9H9F2NO4/c10-4-1-3(13)2-5(11)6(4)7(14)8(15)9(12)16/h1-2,7-8,13-15H,(H2,12,16). The number of hydrogen-bond donors (Lipinski definition) is 4. The molecule has 1 rings (SSSR count). The van der Waals surface area contributed by atoms with Gasteiger partial charge in [-0.1, -0.05) is 0 Å². The Bertz CT molecular complexity index is 401. The summed E-state index contributed by atoms with van der Waals surface area (Å²) in [5.74, 6) is -4.57. The van der Waals surface area contributed by atoms with Crippen LogP contribution in [0.25, 0.3) is 0 Å². The number of phenols is 1. The number of halogens is 2. The molecule has 88 valence electrons. The van der Waals surface area contributed by atoms with E-state index < -0.39 is 41.1 Å². The van der Waals surface area contributed by atoms with Crippen LogP contribution >= 0.6 is 0 Å². The predicted molar refractivity (Wildman–Crippen MR) is 48.2 cm³/mol. The fourth-order valence-corrected chi connectivity index (χ4v) is 1.17. The summed E-state index contributed by atoms with van der Waals surface area (Å²) in [6.07, 6.45) is -4.26. The number of hydrogen-bond acceptors (Lipinski definition) is 4.